The maximum atomic E-state index is 6.05. The molecule has 1 aromatic carbocycles. The van der Waals surface area contributed by atoms with Gasteiger partial charge in [-0.05, 0) is 25.1 Å². The summed E-state index contributed by atoms with van der Waals surface area (Å²) >= 11 is 7.65. The summed E-state index contributed by atoms with van der Waals surface area (Å²) in [5.74, 6) is 1.56. The number of halogens is 1. The summed E-state index contributed by atoms with van der Waals surface area (Å²) < 4.78 is 5.11. The third-order valence-electron chi connectivity index (χ3n) is 2.00. The molecular formula is C11H11ClN2OS. The Bertz CT molecular complexity index is 498. The van der Waals surface area contributed by atoms with Gasteiger partial charge >= 0.3 is 0 Å². The summed E-state index contributed by atoms with van der Waals surface area (Å²) in [5, 5.41) is 4.49. The molecule has 1 aromatic heterocycles. The second-order valence-electron chi connectivity index (χ2n) is 3.41. The van der Waals surface area contributed by atoms with Gasteiger partial charge in [0.05, 0.1) is 16.5 Å². The van der Waals surface area contributed by atoms with Crippen LogP contribution in [-0.4, -0.2) is 5.16 Å². The molecule has 0 unspecified atom stereocenters. The number of aryl methyl sites for hydroxylation is 1. The number of benzene rings is 1. The van der Waals surface area contributed by atoms with Gasteiger partial charge < -0.3 is 10.3 Å². The fourth-order valence-electron chi connectivity index (χ4n) is 1.27. The normalized spacial score (nSPS) is 10.6. The molecule has 3 nitrogen and oxygen atoms in total. The number of hydrogen-bond acceptors (Lipinski definition) is 4. The maximum Gasteiger partial charge on any atom is 0.147 e. The van der Waals surface area contributed by atoms with Gasteiger partial charge in [0.25, 0.3) is 0 Å². The van der Waals surface area contributed by atoms with Gasteiger partial charge in [-0.15, -0.1) is 11.8 Å². The Kier molecular flexibility index (Phi) is 3.41. The quantitative estimate of drug-likeness (QED) is 0.673. The molecule has 0 radical (unpaired) electrons. The van der Waals surface area contributed by atoms with Gasteiger partial charge in [-0.1, -0.05) is 16.8 Å². The van der Waals surface area contributed by atoms with E-state index in [1.807, 2.05) is 25.1 Å². The number of nitrogens with zero attached hydrogens (tertiary/aromatic N) is 1. The van der Waals surface area contributed by atoms with E-state index >= 15 is 0 Å². The molecule has 0 aliphatic rings. The van der Waals surface area contributed by atoms with Crippen LogP contribution in [0.2, 0.25) is 5.02 Å². The Morgan fingerprint density at radius 1 is 1.44 bits per heavy atom. The number of anilines is 1. The van der Waals surface area contributed by atoms with Crippen molar-refractivity contribution in [1.29, 1.82) is 0 Å². The van der Waals surface area contributed by atoms with Crippen molar-refractivity contribution in [3.8, 4) is 0 Å². The van der Waals surface area contributed by atoms with Crippen LogP contribution >= 0.6 is 23.4 Å². The van der Waals surface area contributed by atoms with Gasteiger partial charge in [-0.2, -0.15) is 0 Å². The van der Waals surface area contributed by atoms with E-state index in [1.165, 1.54) is 0 Å². The third kappa shape index (κ3) is 2.71. The van der Waals surface area contributed by atoms with E-state index in [9.17, 15) is 0 Å². The summed E-state index contributed by atoms with van der Waals surface area (Å²) in [6, 6.07) is 7.40. The summed E-state index contributed by atoms with van der Waals surface area (Å²) in [4.78, 5) is 0.991. The molecule has 2 aromatic rings. The highest BCUT2D eigenvalue weighted by molar-refractivity contribution is 7.98. The predicted octanol–water partition coefficient (Wildman–Crippen LogP) is 3.51. The zero-order valence-electron chi connectivity index (χ0n) is 8.74. The molecular weight excluding hydrogens is 244 g/mol. The Morgan fingerprint density at radius 2 is 2.25 bits per heavy atom. The lowest BCUT2D eigenvalue weighted by atomic mass is 10.3. The molecule has 1 heterocycles. The molecule has 0 saturated carbocycles. The summed E-state index contributed by atoms with van der Waals surface area (Å²) in [5.41, 5.74) is 7.18. The number of rotatable bonds is 3. The van der Waals surface area contributed by atoms with Crippen LogP contribution in [0.3, 0.4) is 0 Å². The van der Waals surface area contributed by atoms with Crippen LogP contribution in [0.15, 0.2) is 33.7 Å². The topological polar surface area (TPSA) is 52.0 Å². The number of thioether (sulfide) groups is 1. The first kappa shape index (κ1) is 11.4. The highest BCUT2D eigenvalue weighted by Gasteiger charge is 2.05. The van der Waals surface area contributed by atoms with Gasteiger partial charge in [0.15, 0.2) is 0 Å². The van der Waals surface area contributed by atoms with Crippen molar-refractivity contribution in [3.05, 3.63) is 40.7 Å². The first-order valence-corrected chi connectivity index (χ1v) is 6.11. The van der Waals surface area contributed by atoms with Crippen LogP contribution in [0.25, 0.3) is 0 Å². The van der Waals surface area contributed by atoms with Gasteiger partial charge in [-0.3, -0.25) is 0 Å². The van der Waals surface area contributed by atoms with E-state index in [-0.39, 0.29) is 0 Å². The van der Waals surface area contributed by atoms with E-state index in [4.69, 9.17) is 21.9 Å². The maximum absolute atomic E-state index is 6.05. The van der Waals surface area contributed by atoms with Gasteiger partial charge in [0.1, 0.15) is 5.76 Å². The minimum Gasteiger partial charge on any atom is -0.399 e. The second-order valence-corrected chi connectivity index (χ2v) is 4.84. The van der Waals surface area contributed by atoms with Gasteiger partial charge in [0, 0.05) is 16.6 Å². The molecule has 0 atom stereocenters. The van der Waals surface area contributed by atoms with E-state index in [0.29, 0.717) is 16.5 Å². The molecule has 0 aliphatic carbocycles. The molecule has 0 aliphatic heterocycles. The molecule has 5 heteroatoms. The Hall–Kier alpha value is -1.13. The molecule has 0 saturated heterocycles. The van der Waals surface area contributed by atoms with Crippen LogP contribution in [0.1, 0.15) is 11.5 Å². The van der Waals surface area contributed by atoms with Gasteiger partial charge in [0.2, 0.25) is 0 Å². The number of hydrogen-bond donors (Lipinski definition) is 1. The molecule has 2 rings (SSSR count). The van der Waals surface area contributed by atoms with Crippen molar-refractivity contribution in [3.63, 3.8) is 0 Å². The largest absolute Gasteiger partial charge is 0.399 e. The zero-order chi connectivity index (χ0) is 11.5. The van der Waals surface area contributed by atoms with E-state index in [1.54, 1.807) is 17.8 Å². The minimum atomic E-state index is 0.668. The lowest BCUT2D eigenvalue weighted by Gasteiger charge is -2.02. The molecule has 0 amide bonds. The Balaban J connectivity index is 2.04. The van der Waals surface area contributed by atoms with Crippen LogP contribution in [0.4, 0.5) is 5.69 Å². The number of nitrogen functional groups attached to an aromatic ring is 1. The molecule has 0 bridgehead atoms. The van der Waals surface area contributed by atoms with E-state index < -0.39 is 0 Å². The van der Waals surface area contributed by atoms with Crippen molar-refractivity contribution in [2.45, 2.75) is 17.6 Å². The standard InChI is InChI=1S/C11H11ClN2OS/c1-7-4-9(15-14-7)6-16-11-3-2-8(13)5-10(11)12/h2-5H,6,13H2,1H3. The summed E-state index contributed by atoms with van der Waals surface area (Å²) in [6.45, 7) is 1.90. The molecule has 16 heavy (non-hydrogen) atoms. The van der Waals surface area contributed by atoms with E-state index in [0.717, 1.165) is 16.3 Å². The fourth-order valence-corrected chi connectivity index (χ4v) is 2.41. The molecule has 0 fully saturated rings. The Labute approximate surface area is 103 Å². The average Bonchev–Trinajstić information content (AvgIpc) is 2.63. The smallest absolute Gasteiger partial charge is 0.147 e. The Morgan fingerprint density at radius 3 is 2.88 bits per heavy atom. The molecule has 0 spiro atoms. The monoisotopic (exact) mass is 254 g/mol. The van der Waals surface area contributed by atoms with Crippen molar-refractivity contribution in [1.82, 2.24) is 5.16 Å². The van der Waals surface area contributed by atoms with Crippen LogP contribution < -0.4 is 5.73 Å². The SMILES string of the molecule is Cc1cc(CSc2ccc(N)cc2Cl)on1. The second kappa shape index (κ2) is 4.80. The van der Waals surface area contributed by atoms with Crippen molar-refractivity contribution < 1.29 is 4.52 Å². The number of nitrogens with two attached hydrogens (primary N) is 1. The molecule has 84 valence electrons. The lowest BCUT2D eigenvalue weighted by Crippen LogP contribution is -1.85. The summed E-state index contributed by atoms with van der Waals surface area (Å²) in [7, 11) is 0. The van der Waals surface area contributed by atoms with E-state index in [2.05, 4.69) is 5.16 Å². The lowest BCUT2D eigenvalue weighted by molar-refractivity contribution is 0.391. The fraction of sp³-hybridized carbons (Fsp3) is 0.182. The summed E-state index contributed by atoms with van der Waals surface area (Å²) in [6.07, 6.45) is 0. The van der Waals surface area contributed by atoms with Crippen molar-refractivity contribution in [2.24, 2.45) is 0 Å². The first-order valence-electron chi connectivity index (χ1n) is 4.75. The van der Waals surface area contributed by atoms with Gasteiger partial charge in [-0.25, -0.2) is 0 Å². The van der Waals surface area contributed by atoms with Crippen molar-refractivity contribution in [2.75, 3.05) is 5.73 Å². The minimum absolute atomic E-state index is 0.668. The van der Waals surface area contributed by atoms with Crippen molar-refractivity contribution >= 4 is 29.1 Å². The highest BCUT2D eigenvalue weighted by atomic mass is 35.5. The third-order valence-corrected chi connectivity index (χ3v) is 3.52. The zero-order valence-corrected chi connectivity index (χ0v) is 10.3. The highest BCUT2D eigenvalue weighted by Crippen LogP contribution is 2.31. The van der Waals surface area contributed by atoms with Crippen LogP contribution in [0, 0.1) is 6.92 Å². The van der Waals surface area contributed by atoms with Crippen LogP contribution in [-0.2, 0) is 5.75 Å². The predicted molar refractivity (Wildman–Crippen MR) is 66.7 cm³/mol. The molecule has 2 N–H and O–H groups in total. The average molecular weight is 255 g/mol. The number of aromatic nitrogens is 1. The van der Waals surface area contributed by atoms with Crippen LogP contribution in [0.5, 0.6) is 0 Å². The first-order chi connectivity index (χ1) is 7.65.